The third-order valence-corrected chi connectivity index (χ3v) is 9.16. The van der Waals surface area contributed by atoms with E-state index in [0.717, 1.165) is 4.57 Å². The summed E-state index contributed by atoms with van der Waals surface area (Å²) in [6, 6.07) is 1.78. The smallest absolute Gasteiger partial charge is 0.330 e. The molecule has 194 valence electrons. The number of aliphatic hydroxyl groups is 1. The molecule has 0 aromatic carbocycles. The molecule has 0 bridgehead atoms. The molecule has 10 nitrogen and oxygen atoms in total. The highest BCUT2D eigenvalue weighted by molar-refractivity contribution is 7.44. The van der Waals surface area contributed by atoms with E-state index in [4.69, 9.17) is 19.0 Å². The lowest BCUT2D eigenvalue weighted by Crippen LogP contribution is -2.50. The van der Waals surface area contributed by atoms with Crippen LogP contribution in [-0.4, -0.2) is 67.2 Å². The molecule has 2 heterocycles. The summed E-state index contributed by atoms with van der Waals surface area (Å²) in [5, 5.41) is 20.0. The molecule has 4 rings (SSSR count). The summed E-state index contributed by atoms with van der Waals surface area (Å²) in [4.78, 5) is 26.4. The van der Waals surface area contributed by atoms with Gasteiger partial charge in [-0.3, -0.25) is 14.3 Å². The minimum absolute atomic E-state index is 0.0176. The van der Waals surface area contributed by atoms with E-state index in [1.54, 1.807) is 0 Å². The molecule has 7 atom stereocenters. The van der Waals surface area contributed by atoms with E-state index in [9.17, 15) is 14.7 Å². The molecule has 1 unspecified atom stereocenters. The Balaban J connectivity index is 1.75. The number of ether oxygens (including phenoxy) is 1. The number of nitrogens with one attached hydrogen (secondary N) is 1. The van der Waals surface area contributed by atoms with Gasteiger partial charge in [0, 0.05) is 36.7 Å². The molecule has 3 fully saturated rings. The van der Waals surface area contributed by atoms with Gasteiger partial charge in [0.2, 0.25) is 0 Å². The van der Waals surface area contributed by atoms with E-state index in [1.807, 2.05) is 38.4 Å². The minimum atomic E-state index is -2.09. The minimum Gasteiger partial charge on any atom is -0.384 e. The van der Waals surface area contributed by atoms with Gasteiger partial charge in [-0.05, 0) is 34.6 Å². The molecule has 1 saturated heterocycles. The highest BCUT2D eigenvalue weighted by Gasteiger charge is 2.88. The first-order valence-electron chi connectivity index (χ1n) is 11.6. The average molecular weight is 516 g/mol. The van der Waals surface area contributed by atoms with Crippen molar-refractivity contribution >= 4 is 8.53 Å². The fourth-order valence-corrected chi connectivity index (χ4v) is 7.15. The number of nitrogens with zero attached hydrogens (tertiary/aromatic N) is 3. The molecule has 13 heteroatoms. The Labute approximate surface area is 202 Å². The Bertz CT molecular complexity index is 1130. The topological polar surface area (TPSA) is 130 Å². The lowest BCUT2D eigenvalue weighted by atomic mass is 9.90. The van der Waals surface area contributed by atoms with Crippen molar-refractivity contribution in [1.29, 1.82) is 5.26 Å². The molecule has 2 N–H and O–H groups in total. The second kappa shape index (κ2) is 8.98. The number of aryl methyl sites for hydroxylation is 1. The number of aromatic amines is 1. The Morgan fingerprint density at radius 1 is 1.37 bits per heavy atom. The van der Waals surface area contributed by atoms with E-state index in [2.05, 4.69) is 4.98 Å². The number of H-pyrrole nitrogens is 1. The van der Waals surface area contributed by atoms with Gasteiger partial charge in [0.1, 0.15) is 23.0 Å². The van der Waals surface area contributed by atoms with Crippen LogP contribution in [-0.2, 0) is 13.8 Å². The van der Waals surface area contributed by atoms with Crippen LogP contribution in [0, 0.1) is 18.3 Å². The normalized spacial score (nSPS) is 36.5. The quantitative estimate of drug-likeness (QED) is 0.378. The zero-order chi connectivity index (χ0) is 25.9. The van der Waals surface area contributed by atoms with Crippen molar-refractivity contribution in [3.8, 4) is 6.07 Å². The second-order valence-electron chi connectivity index (χ2n) is 10.1. The first-order chi connectivity index (χ1) is 16.3. The number of rotatable bonds is 9. The molecular weight excluding hydrogens is 485 g/mol. The lowest BCUT2D eigenvalue weighted by Gasteiger charge is -2.41. The van der Waals surface area contributed by atoms with Crippen LogP contribution in [0.15, 0.2) is 15.8 Å². The number of fused-ring (bicyclic) bond motifs is 3. The van der Waals surface area contributed by atoms with Gasteiger partial charge in [-0.25, -0.2) is 18.2 Å². The summed E-state index contributed by atoms with van der Waals surface area (Å²) in [5.74, 6) is 0. The van der Waals surface area contributed by atoms with Crippen molar-refractivity contribution in [1.82, 2.24) is 14.2 Å². The standard InChI is InChI=1S/C22H31F2N4O6P/c1-12(2)28(13(3)4)35(32-8-6-7-25)34-21-10-20(24)11-22(20,31)18(21)33-17(15(21)23)27-9-14(5)16(29)26-19(27)30/h9,12-13,15,17-18,31H,6,8,10-11H2,1-5H3,(H,26,29,30)/t15-,17+,18-,20-,21-,22-,35?/m0/s1. The van der Waals surface area contributed by atoms with Crippen LogP contribution >= 0.6 is 8.53 Å². The molecular formula is C22H31F2N4O6P. The SMILES string of the molecule is Cc1cn([C@@H]2O[C@H]3[C@](OP(OCCC#N)N(C(C)C)C(C)C)(C[C@]4(F)C[C@]34O)[C@H]2F)c(=O)[nH]c1=O. The second-order valence-corrected chi connectivity index (χ2v) is 11.5. The van der Waals surface area contributed by atoms with Gasteiger partial charge in [-0.2, -0.15) is 5.26 Å². The van der Waals surface area contributed by atoms with Crippen LogP contribution in [0.4, 0.5) is 8.78 Å². The third-order valence-electron chi connectivity index (χ3n) is 6.96. The van der Waals surface area contributed by atoms with Crippen molar-refractivity contribution in [2.24, 2.45) is 0 Å². The summed E-state index contributed by atoms with van der Waals surface area (Å²) < 4.78 is 52.6. The van der Waals surface area contributed by atoms with Crippen LogP contribution in [0.1, 0.15) is 58.7 Å². The zero-order valence-electron chi connectivity index (χ0n) is 20.3. The van der Waals surface area contributed by atoms with Gasteiger partial charge in [-0.1, -0.05) is 0 Å². The number of nitriles is 1. The van der Waals surface area contributed by atoms with Crippen LogP contribution in [0.25, 0.3) is 0 Å². The molecule has 0 radical (unpaired) electrons. The van der Waals surface area contributed by atoms with Gasteiger partial charge in [0.25, 0.3) is 14.1 Å². The van der Waals surface area contributed by atoms with Gasteiger partial charge < -0.3 is 18.9 Å². The fourth-order valence-electron chi connectivity index (χ4n) is 5.32. The van der Waals surface area contributed by atoms with Crippen molar-refractivity contribution < 1.29 is 27.7 Å². The molecule has 0 spiro atoms. The average Bonchev–Trinajstić information content (AvgIpc) is 3.08. The summed E-state index contributed by atoms with van der Waals surface area (Å²) in [5.41, 5.74) is -7.36. The molecule has 1 aliphatic heterocycles. The maximum Gasteiger partial charge on any atom is 0.330 e. The number of hydrogen-bond acceptors (Lipinski definition) is 8. The van der Waals surface area contributed by atoms with Gasteiger partial charge in [-0.15, -0.1) is 0 Å². The van der Waals surface area contributed by atoms with Crippen LogP contribution in [0.3, 0.4) is 0 Å². The Kier molecular flexibility index (Phi) is 6.75. The first-order valence-corrected chi connectivity index (χ1v) is 12.7. The number of alkyl halides is 2. The van der Waals surface area contributed by atoms with Crippen molar-refractivity contribution in [2.75, 3.05) is 6.61 Å². The number of halogens is 2. The van der Waals surface area contributed by atoms with E-state index >= 15 is 8.78 Å². The largest absolute Gasteiger partial charge is 0.384 e. The zero-order valence-corrected chi connectivity index (χ0v) is 21.2. The van der Waals surface area contributed by atoms with E-state index in [0.29, 0.717) is 0 Å². The Hall–Kier alpha value is -1.74. The summed E-state index contributed by atoms with van der Waals surface area (Å²) in [6.45, 7) is 9.09. The Morgan fingerprint density at radius 2 is 2.03 bits per heavy atom. The lowest BCUT2D eigenvalue weighted by molar-refractivity contribution is -0.105. The summed E-state index contributed by atoms with van der Waals surface area (Å²) >= 11 is 0. The van der Waals surface area contributed by atoms with Crippen LogP contribution < -0.4 is 11.2 Å². The van der Waals surface area contributed by atoms with Crippen LogP contribution in [0.2, 0.25) is 0 Å². The van der Waals surface area contributed by atoms with Gasteiger partial charge >= 0.3 is 5.69 Å². The maximum atomic E-state index is 16.3. The molecule has 3 aliphatic rings. The molecule has 2 aliphatic carbocycles. The first kappa shape index (κ1) is 26.3. The van der Waals surface area contributed by atoms with Crippen LogP contribution in [0.5, 0.6) is 0 Å². The van der Waals surface area contributed by atoms with Crippen molar-refractivity contribution in [2.45, 2.75) is 101 Å². The van der Waals surface area contributed by atoms with E-state index < -0.39 is 61.6 Å². The predicted molar refractivity (Wildman–Crippen MR) is 122 cm³/mol. The number of aromatic nitrogens is 2. The van der Waals surface area contributed by atoms with Crippen molar-refractivity contribution in [3.63, 3.8) is 0 Å². The highest BCUT2D eigenvalue weighted by Crippen LogP contribution is 2.73. The monoisotopic (exact) mass is 516 g/mol. The van der Waals surface area contributed by atoms with Gasteiger partial charge in [0.05, 0.1) is 19.1 Å². The molecule has 1 aromatic rings. The molecule has 0 amide bonds. The summed E-state index contributed by atoms with van der Waals surface area (Å²) in [6.07, 6.45) is -4.51. The van der Waals surface area contributed by atoms with Crippen molar-refractivity contribution in [3.05, 3.63) is 32.6 Å². The predicted octanol–water partition coefficient (Wildman–Crippen LogP) is 2.36. The van der Waals surface area contributed by atoms with Gasteiger partial charge in [0.15, 0.2) is 12.4 Å². The fraction of sp³-hybridized carbons (Fsp3) is 0.773. The molecule has 1 aromatic heterocycles. The van der Waals surface area contributed by atoms with E-state index in [1.165, 1.54) is 13.1 Å². The molecule has 2 saturated carbocycles. The van der Waals surface area contributed by atoms with E-state index in [-0.39, 0.29) is 37.1 Å². The highest BCUT2D eigenvalue weighted by atomic mass is 31.2. The number of hydrogen-bond donors (Lipinski definition) is 2. The summed E-state index contributed by atoms with van der Waals surface area (Å²) in [7, 11) is -2.00. The third kappa shape index (κ3) is 4.06. The Morgan fingerprint density at radius 3 is 2.63 bits per heavy atom. The molecule has 35 heavy (non-hydrogen) atoms. The maximum absolute atomic E-state index is 16.3.